The second-order valence-electron chi connectivity index (χ2n) is 8.09. The summed E-state index contributed by atoms with van der Waals surface area (Å²) in [5.41, 5.74) is 1.47. The fourth-order valence-electron chi connectivity index (χ4n) is 4.16. The molecule has 1 saturated heterocycles. The average Bonchev–Trinajstić information content (AvgIpc) is 2.88. The lowest BCUT2D eigenvalue weighted by molar-refractivity contribution is -0.146. The number of nitrogens with zero attached hydrogens (tertiary/aromatic N) is 2. The lowest BCUT2D eigenvalue weighted by Gasteiger charge is -2.34. The number of ether oxygens (including phenoxy) is 4. The SMILES string of the molecule is CCC(C(=O)OCCN1CCN(C(=O)c2cc(OC)c(OC)c(OC)c2)CC1)c1ccccc1.Cl. The normalized spacial score (nSPS) is 14.5. The van der Waals surface area contributed by atoms with Gasteiger partial charge in [0.2, 0.25) is 5.75 Å². The van der Waals surface area contributed by atoms with E-state index < -0.39 is 0 Å². The van der Waals surface area contributed by atoms with Gasteiger partial charge in [-0.3, -0.25) is 14.5 Å². The van der Waals surface area contributed by atoms with Crippen molar-refractivity contribution < 1.29 is 28.5 Å². The minimum atomic E-state index is -0.242. The van der Waals surface area contributed by atoms with Crippen molar-refractivity contribution in [2.45, 2.75) is 19.3 Å². The summed E-state index contributed by atoms with van der Waals surface area (Å²) in [5, 5.41) is 0. The summed E-state index contributed by atoms with van der Waals surface area (Å²) < 4.78 is 21.6. The Bertz CT molecular complexity index is 939. The summed E-state index contributed by atoms with van der Waals surface area (Å²) in [6.07, 6.45) is 0.699. The highest BCUT2D eigenvalue weighted by atomic mass is 35.5. The molecular weight excluding hydrogens is 472 g/mol. The second-order valence-corrected chi connectivity index (χ2v) is 8.09. The van der Waals surface area contributed by atoms with Gasteiger partial charge in [0, 0.05) is 38.3 Å². The molecule has 1 aliphatic heterocycles. The summed E-state index contributed by atoms with van der Waals surface area (Å²) >= 11 is 0. The number of benzene rings is 2. The van der Waals surface area contributed by atoms with Gasteiger partial charge in [-0.05, 0) is 24.1 Å². The minimum Gasteiger partial charge on any atom is -0.493 e. The third-order valence-corrected chi connectivity index (χ3v) is 6.12. The highest BCUT2D eigenvalue weighted by Gasteiger charge is 2.25. The molecule has 0 bridgehead atoms. The van der Waals surface area contributed by atoms with Crippen molar-refractivity contribution in [2.75, 3.05) is 60.7 Å². The first-order valence-corrected chi connectivity index (χ1v) is 11.6. The smallest absolute Gasteiger partial charge is 0.313 e. The molecule has 1 amide bonds. The van der Waals surface area contributed by atoms with Crippen molar-refractivity contribution in [3.63, 3.8) is 0 Å². The quantitative estimate of drug-likeness (QED) is 0.455. The number of carbonyl (C=O) groups is 2. The van der Waals surface area contributed by atoms with Crippen LogP contribution in [0.4, 0.5) is 0 Å². The van der Waals surface area contributed by atoms with Gasteiger partial charge in [0.1, 0.15) is 6.61 Å². The van der Waals surface area contributed by atoms with E-state index in [0.717, 1.165) is 5.56 Å². The van der Waals surface area contributed by atoms with Gasteiger partial charge >= 0.3 is 5.97 Å². The Morgan fingerprint density at radius 2 is 1.51 bits per heavy atom. The Morgan fingerprint density at radius 3 is 2.03 bits per heavy atom. The Labute approximate surface area is 213 Å². The standard InChI is InChI=1S/C26H34N2O6.ClH/c1-5-21(19-9-7-6-8-10-19)26(30)34-16-15-27-11-13-28(14-12-27)25(29)20-17-22(31-2)24(33-4)23(18-20)32-3;/h6-10,17-18,21H,5,11-16H2,1-4H3;1H. The molecule has 2 aromatic rings. The number of piperazine rings is 1. The van der Waals surface area contributed by atoms with E-state index in [9.17, 15) is 9.59 Å². The molecule has 0 radical (unpaired) electrons. The number of carbonyl (C=O) groups excluding carboxylic acids is 2. The van der Waals surface area contributed by atoms with E-state index in [1.54, 1.807) is 12.1 Å². The van der Waals surface area contributed by atoms with E-state index in [-0.39, 0.29) is 30.2 Å². The number of hydrogen-bond donors (Lipinski definition) is 0. The van der Waals surface area contributed by atoms with E-state index >= 15 is 0 Å². The molecule has 1 atom stereocenters. The van der Waals surface area contributed by atoms with E-state index in [1.807, 2.05) is 42.2 Å². The Morgan fingerprint density at radius 1 is 0.914 bits per heavy atom. The molecule has 1 unspecified atom stereocenters. The number of hydrogen-bond acceptors (Lipinski definition) is 7. The Kier molecular flexibility index (Phi) is 11.1. The molecule has 35 heavy (non-hydrogen) atoms. The Balaban J connectivity index is 0.00000432. The summed E-state index contributed by atoms with van der Waals surface area (Å²) in [6, 6.07) is 13.1. The molecule has 192 valence electrons. The van der Waals surface area contributed by atoms with Crippen LogP contribution in [0, 0.1) is 0 Å². The van der Waals surface area contributed by atoms with Crippen LogP contribution in [0.25, 0.3) is 0 Å². The molecule has 1 fully saturated rings. The molecular formula is C26H35ClN2O6. The minimum absolute atomic E-state index is 0. The number of esters is 1. The zero-order chi connectivity index (χ0) is 24.5. The van der Waals surface area contributed by atoms with Crippen molar-refractivity contribution in [1.29, 1.82) is 0 Å². The second kappa shape index (κ2) is 13.8. The first kappa shape index (κ1) is 28.3. The van der Waals surface area contributed by atoms with E-state index in [4.69, 9.17) is 18.9 Å². The molecule has 0 spiro atoms. The van der Waals surface area contributed by atoms with Gasteiger partial charge < -0.3 is 23.8 Å². The summed E-state index contributed by atoms with van der Waals surface area (Å²) in [7, 11) is 4.59. The van der Waals surface area contributed by atoms with Crippen molar-refractivity contribution in [3.05, 3.63) is 53.6 Å². The maximum atomic E-state index is 13.1. The van der Waals surface area contributed by atoms with Gasteiger partial charge in [0.05, 0.1) is 27.2 Å². The maximum Gasteiger partial charge on any atom is 0.313 e. The predicted molar refractivity (Wildman–Crippen MR) is 136 cm³/mol. The van der Waals surface area contributed by atoms with Gasteiger partial charge in [0.15, 0.2) is 11.5 Å². The van der Waals surface area contributed by atoms with Crippen molar-refractivity contribution in [1.82, 2.24) is 9.80 Å². The molecule has 0 N–H and O–H groups in total. The zero-order valence-electron chi connectivity index (χ0n) is 20.8. The maximum absolute atomic E-state index is 13.1. The van der Waals surface area contributed by atoms with Crippen LogP contribution in [-0.2, 0) is 9.53 Å². The lowest BCUT2D eigenvalue weighted by Crippen LogP contribution is -2.49. The van der Waals surface area contributed by atoms with Gasteiger partial charge in [0.25, 0.3) is 5.91 Å². The van der Waals surface area contributed by atoms with Crippen molar-refractivity contribution in [3.8, 4) is 17.2 Å². The van der Waals surface area contributed by atoms with Crippen molar-refractivity contribution >= 4 is 24.3 Å². The van der Waals surface area contributed by atoms with Crippen LogP contribution in [0.5, 0.6) is 17.2 Å². The van der Waals surface area contributed by atoms with Gasteiger partial charge in [-0.2, -0.15) is 0 Å². The van der Waals surface area contributed by atoms with E-state index in [2.05, 4.69) is 4.90 Å². The van der Waals surface area contributed by atoms with Crippen LogP contribution in [0.2, 0.25) is 0 Å². The monoisotopic (exact) mass is 506 g/mol. The largest absolute Gasteiger partial charge is 0.493 e. The molecule has 1 heterocycles. The lowest BCUT2D eigenvalue weighted by atomic mass is 9.97. The fraction of sp³-hybridized carbons (Fsp3) is 0.462. The topological polar surface area (TPSA) is 77.5 Å². The third-order valence-electron chi connectivity index (χ3n) is 6.12. The molecule has 2 aromatic carbocycles. The van der Waals surface area contributed by atoms with Crippen LogP contribution in [0.15, 0.2) is 42.5 Å². The molecule has 0 aliphatic carbocycles. The number of methoxy groups -OCH3 is 3. The van der Waals surface area contributed by atoms with Crippen LogP contribution in [0.3, 0.4) is 0 Å². The van der Waals surface area contributed by atoms with Gasteiger partial charge in [-0.25, -0.2) is 0 Å². The predicted octanol–water partition coefficient (Wildman–Crippen LogP) is 3.63. The third kappa shape index (κ3) is 7.02. The fourth-order valence-corrected chi connectivity index (χ4v) is 4.16. The first-order valence-electron chi connectivity index (χ1n) is 11.6. The summed E-state index contributed by atoms with van der Waals surface area (Å²) in [6.45, 7) is 5.57. The summed E-state index contributed by atoms with van der Waals surface area (Å²) in [5.74, 6) is 0.842. The van der Waals surface area contributed by atoms with Gasteiger partial charge in [-0.15, -0.1) is 12.4 Å². The van der Waals surface area contributed by atoms with E-state index in [0.29, 0.717) is 68.6 Å². The molecule has 0 saturated carbocycles. The van der Waals surface area contributed by atoms with E-state index in [1.165, 1.54) is 21.3 Å². The van der Waals surface area contributed by atoms with Gasteiger partial charge in [-0.1, -0.05) is 37.3 Å². The highest BCUT2D eigenvalue weighted by molar-refractivity contribution is 5.95. The van der Waals surface area contributed by atoms with Crippen LogP contribution in [0.1, 0.15) is 35.2 Å². The number of rotatable bonds is 10. The molecule has 8 nitrogen and oxygen atoms in total. The molecule has 3 rings (SSSR count). The number of amides is 1. The molecule has 1 aliphatic rings. The van der Waals surface area contributed by atoms with Crippen molar-refractivity contribution in [2.24, 2.45) is 0 Å². The molecule has 9 heteroatoms. The van der Waals surface area contributed by atoms with Crippen LogP contribution >= 0.6 is 12.4 Å². The average molecular weight is 507 g/mol. The Hall–Kier alpha value is -2.97. The first-order chi connectivity index (χ1) is 16.5. The zero-order valence-corrected chi connectivity index (χ0v) is 21.6. The van der Waals surface area contributed by atoms with Crippen LogP contribution in [-0.4, -0.2) is 82.3 Å². The number of halogens is 1. The van der Waals surface area contributed by atoms with Crippen LogP contribution < -0.4 is 14.2 Å². The summed E-state index contributed by atoms with van der Waals surface area (Å²) in [4.78, 5) is 29.6. The molecule has 0 aromatic heterocycles. The highest BCUT2D eigenvalue weighted by Crippen LogP contribution is 2.38.